The van der Waals surface area contributed by atoms with Crippen molar-refractivity contribution in [3.63, 3.8) is 0 Å². The third kappa shape index (κ3) is 8.60. The first-order valence-corrected chi connectivity index (χ1v) is 5.30. The second-order valence-corrected chi connectivity index (χ2v) is 5.13. The van der Waals surface area contributed by atoms with E-state index in [0.717, 1.165) is 0 Å². The van der Waals surface area contributed by atoms with Gasteiger partial charge < -0.3 is 18.7 Å². The molecule has 13 heavy (non-hydrogen) atoms. The summed E-state index contributed by atoms with van der Waals surface area (Å²) in [6, 6.07) is 0. The van der Waals surface area contributed by atoms with Crippen LogP contribution in [0.25, 0.3) is 0 Å². The predicted molar refractivity (Wildman–Crippen MR) is 52.4 cm³/mol. The quantitative estimate of drug-likeness (QED) is 0.680. The summed E-state index contributed by atoms with van der Waals surface area (Å²) < 4.78 is 15.4. The van der Waals surface area contributed by atoms with Gasteiger partial charge in [0.05, 0.1) is 19.8 Å². The normalized spacial score (nSPS) is 14.5. The van der Waals surface area contributed by atoms with Crippen LogP contribution in [0, 0.1) is 5.41 Å². The first-order valence-electron chi connectivity index (χ1n) is 4.20. The lowest BCUT2D eigenvalue weighted by Gasteiger charge is -2.21. The van der Waals surface area contributed by atoms with E-state index in [1.807, 2.05) is 0 Å². The maximum absolute atomic E-state index is 8.51. The van der Waals surface area contributed by atoms with E-state index < -0.39 is 8.60 Å². The summed E-state index contributed by atoms with van der Waals surface area (Å²) in [5.74, 6) is 0. The Labute approximate surface area is 81.2 Å². The molecule has 5 heteroatoms. The predicted octanol–water partition coefficient (Wildman–Crippen LogP) is 1.93. The maximum atomic E-state index is 8.51. The van der Waals surface area contributed by atoms with Crippen LogP contribution in [-0.4, -0.2) is 32.0 Å². The second-order valence-electron chi connectivity index (χ2n) is 3.80. The molecule has 0 fully saturated rings. The smallest absolute Gasteiger partial charge is 0.332 e. The zero-order valence-corrected chi connectivity index (χ0v) is 9.63. The molecule has 0 saturated carbocycles. The van der Waals surface area contributed by atoms with E-state index in [1.54, 1.807) is 0 Å². The first-order chi connectivity index (χ1) is 5.99. The largest absolute Gasteiger partial charge is 0.394 e. The molecule has 0 saturated heterocycles. The van der Waals surface area contributed by atoms with Crippen LogP contribution in [0.2, 0.25) is 0 Å². The second kappa shape index (κ2) is 6.68. The average molecular weight is 210 g/mol. The number of hydrogen-bond donors (Lipinski definition) is 1. The number of hydrogen-bond acceptors (Lipinski definition) is 4. The molecule has 0 rings (SSSR count). The molecule has 0 amide bonds. The molecule has 0 aliphatic carbocycles. The Morgan fingerprint density at radius 2 is 1.85 bits per heavy atom. The Balaban J connectivity index is 3.59. The summed E-state index contributed by atoms with van der Waals surface area (Å²) in [5, 5.41) is 8.51. The van der Waals surface area contributed by atoms with Crippen LogP contribution in [0.5, 0.6) is 0 Å². The summed E-state index contributed by atoms with van der Waals surface area (Å²) in [6.07, 6.45) is 0. The fourth-order valence-electron chi connectivity index (χ4n) is 0.504. The SMILES string of the molecule is COP(OCCO)OCC(C)(C)C. The molecule has 0 aliphatic rings. The van der Waals surface area contributed by atoms with Crippen molar-refractivity contribution in [2.75, 3.05) is 26.9 Å². The van der Waals surface area contributed by atoms with Crippen molar-refractivity contribution in [2.45, 2.75) is 20.8 Å². The molecular weight excluding hydrogens is 191 g/mol. The Morgan fingerprint density at radius 1 is 1.23 bits per heavy atom. The van der Waals surface area contributed by atoms with Crippen LogP contribution in [0.15, 0.2) is 0 Å². The number of rotatable bonds is 6. The molecule has 80 valence electrons. The molecule has 4 nitrogen and oxygen atoms in total. The van der Waals surface area contributed by atoms with Gasteiger partial charge in [-0.2, -0.15) is 0 Å². The van der Waals surface area contributed by atoms with Gasteiger partial charge in [-0.05, 0) is 5.41 Å². The van der Waals surface area contributed by atoms with Crippen molar-refractivity contribution < 1.29 is 18.7 Å². The van der Waals surface area contributed by atoms with E-state index in [4.69, 9.17) is 18.7 Å². The minimum atomic E-state index is -1.29. The van der Waals surface area contributed by atoms with E-state index in [1.165, 1.54) is 7.11 Å². The van der Waals surface area contributed by atoms with E-state index >= 15 is 0 Å². The molecule has 1 unspecified atom stereocenters. The highest BCUT2D eigenvalue weighted by atomic mass is 31.2. The van der Waals surface area contributed by atoms with Crippen molar-refractivity contribution in [1.82, 2.24) is 0 Å². The zero-order chi connectivity index (χ0) is 10.3. The summed E-state index contributed by atoms with van der Waals surface area (Å²) >= 11 is 0. The van der Waals surface area contributed by atoms with Gasteiger partial charge in [0.15, 0.2) is 0 Å². The van der Waals surface area contributed by atoms with Crippen LogP contribution in [0.3, 0.4) is 0 Å². The molecule has 1 N–H and O–H groups in total. The monoisotopic (exact) mass is 210 g/mol. The van der Waals surface area contributed by atoms with Crippen LogP contribution in [0.1, 0.15) is 20.8 Å². The highest BCUT2D eigenvalue weighted by molar-refractivity contribution is 7.41. The van der Waals surface area contributed by atoms with Gasteiger partial charge >= 0.3 is 8.60 Å². The van der Waals surface area contributed by atoms with Gasteiger partial charge in [-0.15, -0.1) is 0 Å². The van der Waals surface area contributed by atoms with Crippen LogP contribution in [0.4, 0.5) is 0 Å². The molecule has 0 aromatic rings. The summed E-state index contributed by atoms with van der Waals surface area (Å²) in [7, 11) is 0.245. The van der Waals surface area contributed by atoms with Crippen LogP contribution >= 0.6 is 8.60 Å². The Kier molecular flexibility index (Phi) is 6.82. The molecule has 0 spiro atoms. The first kappa shape index (κ1) is 13.3. The van der Waals surface area contributed by atoms with Gasteiger partial charge in [-0.1, -0.05) is 20.8 Å². The zero-order valence-electron chi connectivity index (χ0n) is 8.74. The Hall–Kier alpha value is 0.270. The third-order valence-electron chi connectivity index (χ3n) is 1.04. The van der Waals surface area contributed by atoms with E-state index in [2.05, 4.69) is 20.8 Å². The van der Waals surface area contributed by atoms with Crippen LogP contribution < -0.4 is 0 Å². The van der Waals surface area contributed by atoms with Gasteiger partial charge in [0, 0.05) is 7.11 Å². The molecule has 1 atom stereocenters. The van der Waals surface area contributed by atoms with Gasteiger partial charge in [0.1, 0.15) is 0 Å². The maximum Gasteiger partial charge on any atom is 0.332 e. The molecule has 0 heterocycles. The van der Waals surface area contributed by atoms with Gasteiger partial charge in [-0.25, -0.2) is 0 Å². The fraction of sp³-hybridized carbons (Fsp3) is 1.00. The highest BCUT2D eigenvalue weighted by Crippen LogP contribution is 2.39. The third-order valence-corrected chi connectivity index (χ3v) is 2.07. The molecule has 0 bridgehead atoms. The van der Waals surface area contributed by atoms with Crippen molar-refractivity contribution >= 4 is 8.60 Å². The topological polar surface area (TPSA) is 47.9 Å². The molecule has 0 radical (unpaired) electrons. The van der Waals surface area contributed by atoms with Gasteiger partial charge in [0.25, 0.3) is 0 Å². The van der Waals surface area contributed by atoms with Crippen molar-refractivity contribution in [3.8, 4) is 0 Å². The fourth-order valence-corrected chi connectivity index (χ4v) is 1.51. The Bertz CT molecular complexity index is 124. The van der Waals surface area contributed by atoms with E-state index in [0.29, 0.717) is 6.61 Å². The summed E-state index contributed by atoms with van der Waals surface area (Å²) in [5.41, 5.74) is 0.0989. The van der Waals surface area contributed by atoms with Crippen molar-refractivity contribution in [2.24, 2.45) is 5.41 Å². The average Bonchev–Trinajstić information content (AvgIpc) is 2.03. The lowest BCUT2D eigenvalue weighted by atomic mass is 9.99. The standard InChI is InChI=1S/C8H19O4P/c1-8(2,3)7-12-13(10-4)11-6-5-9/h9H,5-7H2,1-4H3. The number of aliphatic hydroxyl groups excluding tert-OH is 1. The lowest BCUT2D eigenvalue weighted by Crippen LogP contribution is -2.13. The van der Waals surface area contributed by atoms with Crippen molar-refractivity contribution in [1.29, 1.82) is 0 Å². The van der Waals surface area contributed by atoms with E-state index in [-0.39, 0.29) is 18.6 Å². The van der Waals surface area contributed by atoms with E-state index in [9.17, 15) is 0 Å². The summed E-state index contributed by atoms with van der Waals surface area (Å²) in [4.78, 5) is 0. The molecule has 0 aromatic heterocycles. The van der Waals surface area contributed by atoms with Crippen LogP contribution in [-0.2, 0) is 13.6 Å². The number of aliphatic hydroxyl groups is 1. The molecule has 0 aromatic carbocycles. The van der Waals surface area contributed by atoms with Crippen molar-refractivity contribution in [3.05, 3.63) is 0 Å². The highest BCUT2D eigenvalue weighted by Gasteiger charge is 2.16. The summed E-state index contributed by atoms with van der Waals surface area (Å²) in [6.45, 7) is 7.04. The van der Waals surface area contributed by atoms with Gasteiger partial charge in [0.2, 0.25) is 0 Å². The van der Waals surface area contributed by atoms with Gasteiger partial charge in [-0.3, -0.25) is 0 Å². The minimum absolute atomic E-state index is 0.0128. The Morgan fingerprint density at radius 3 is 2.23 bits per heavy atom. The minimum Gasteiger partial charge on any atom is -0.394 e. The lowest BCUT2D eigenvalue weighted by molar-refractivity contribution is 0.120. The molecule has 0 aliphatic heterocycles. The molecular formula is C8H19O4P.